The van der Waals surface area contributed by atoms with Crippen molar-refractivity contribution >= 4 is 29.3 Å². The molecule has 0 atom stereocenters. The number of aromatic nitrogens is 3. The summed E-state index contributed by atoms with van der Waals surface area (Å²) in [5, 5.41) is 9.77. The van der Waals surface area contributed by atoms with Crippen LogP contribution in [-0.4, -0.2) is 44.9 Å². The van der Waals surface area contributed by atoms with Crippen molar-refractivity contribution in [3.8, 4) is 0 Å². The van der Waals surface area contributed by atoms with Gasteiger partial charge < -0.3 is 20.7 Å². The lowest BCUT2D eigenvalue weighted by atomic mass is 9.91. The third-order valence-electron chi connectivity index (χ3n) is 4.47. The van der Waals surface area contributed by atoms with E-state index in [4.69, 9.17) is 10.5 Å². The van der Waals surface area contributed by atoms with Crippen LogP contribution in [-0.2, 0) is 4.74 Å². The van der Waals surface area contributed by atoms with Gasteiger partial charge in [-0.05, 0) is 75.4 Å². The van der Waals surface area contributed by atoms with Crippen LogP contribution >= 0.6 is 0 Å². The summed E-state index contributed by atoms with van der Waals surface area (Å²) < 4.78 is 5.47. The summed E-state index contributed by atoms with van der Waals surface area (Å²) in [6.45, 7) is 11.0. The highest BCUT2D eigenvalue weighted by atomic mass is 16.6. The number of hydrogen-bond acceptors (Lipinski definition) is 6. The summed E-state index contributed by atoms with van der Waals surface area (Å²) in [5.41, 5.74) is 10.8. The number of ether oxygens (including phenoxy) is 1. The fourth-order valence-electron chi connectivity index (χ4n) is 3.39. The van der Waals surface area contributed by atoms with Gasteiger partial charge in [0.2, 0.25) is 11.9 Å². The molecule has 3 rings (SSSR count). The zero-order valence-corrected chi connectivity index (χ0v) is 17.1. The molecule has 4 N–H and O–H groups in total. The molecule has 0 radical (unpaired) electrons. The number of aryl methyl sites for hydroxylation is 2. The standard InChI is InChI=1S/C20H28N6O2/c1-12-10-15(22-18-23-17(21)24-25-18)11-13(2)16(12)14-6-8-26(9-7-14)19(27)28-20(3,4)5/h6,10-11H,7-9H2,1-5H3,(H4,21,22,23,24,25). The van der Waals surface area contributed by atoms with Gasteiger partial charge in [-0.3, -0.25) is 0 Å². The lowest BCUT2D eigenvalue weighted by Gasteiger charge is -2.30. The molecule has 0 bridgehead atoms. The third kappa shape index (κ3) is 4.62. The van der Waals surface area contributed by atoms with Crippen LogP contribution in [0.4, 0.5) is 22.4 Å². The number of hydrogen-bond donors (Lipinski definition) is 3. The summed E-state index contributed by atoms with van der Waals surface area (Å²) in [7, 11) is 0. The number of carbonyl (C=O) groups is 1. The number of H-pyrrole nitrogens is 1. The Kier molecular flexibility index (Phi) is 5.31. The van der Waals surface area contributed by atoms with Gasteiger partial charge in [0, 0.05) is 18.8 Å². The molecule has 0 unspecified atom stereocenters. The monoisotopic (exact) mass is 384 g/mol. The van der Waals surface area contributed by atoms with Crippen LogP contribution < -0.4 is 11.1 Å². The molecule has 1 amide bonds. The summed E-state index contributed by atoms with van der Waals surface area (Å²) in [4.78, 5) is 18.1. The second-order valence-corrected chi connectivity index (χ2v) is 8.06. The number of rotatable bonds is 3. The molecule has 1 aliphatic heterocycles. The van der Waals surface area contributed by atoms with Gasteiger partial charge in [-0.15, -0.1) is 5.10 Å². The lowest BCUT2D eigenvalue weighted by molar-refractivity contribution is 0.0270. The molecule has 1 aromatic heterocycles. The molecule has 150 valence electrons. The van der Waals surface area contributed by atoms with Crippen LogP contribution in [0.25, 0.3) is 5.57 Å². The molecule has 8 heteroatoms. The molecule has 1 aliphatic rings. The van der Waals surface area contributed by atoms with Gasteiger partial charge in [0.25, 0.3) is 0 Å². The topological polar surface area (TPSA) is 109 Å². The number of aromatic amines is 1. The Bertz CT molecular complexity index is 887. The van der Waals surface area contributed by atoms with Gasteiger partial charge in [-0.2, -0.15) is 4.98 Å². The Hall–Kier alpha value is -3.03. The molecular weight excluding hydrogens is 356 g/mol. The number of benzene rings is 1. The van der Waals surface area contributed by atoms with Crippen LogP contribution in [0, 0.1) is 13.8 Å². The van der Waals surface area contributed by atoms with E-state index in [1.165, 1.54) is 11.1 Å². The number of nitrogens with zero attached hydrogens (tertiary/aromatic N) is 3. The van der Waals surface area contributed by atoms with Crippen molar-refractivity contribution in [1.82, 2.24) is 20.1 Å². The van der Waals surface area contributed by atoms with E-state index in [2.05, 4.69) is 52.6 Å². The summed E-state index contributed by atoms with van der Waals surface area (Å²) in [5.74, 6) is 0.711. The van der Waals surface area contributed by atoms with Crippen molar-refractivity contribution < 1.29 is 9.53 Å². The van der Waals surface area contributed by atoms with E-state index in [-0.39, 0.29) is 12.0 Å². The molecule has 0 spiro atoms. The predicted molar refractivity (Wildman–Crippen MR) is 110 cm³/mol. The van der Waals surface area contributed by atoms with Crippen LogP contribution in [0.3, 0.4) is 0 Å². The number of anilines is 3. The Balaban J connectivity index is 1.74. The minimum atomic E-state index is -0.481. The van der Waals surface area contributed by atoms with Crippen LogP contribution in [0.2, 0.25) is 0 Å². The largest absolute Gasteiger partial charge is 0.444 e. The molecule has 2 heterocycles. The first-order chi connectivity index (χ1) is 13.1. The first kappa shape index (κ1) is 19.7. The zero-order chi connectivity index (χ0) is 20.5. The Morgan fingerprint density at radius 3 is 2.46 bits per heavy atom. The fraction of sp³-hybridized carbons (Fsp3) is 0.450. The smallest absolute Gasteiger partial charge is 0.410 e. The van der Waals surface area contributed by atoms with Crippen LogP contribution in [0.1, 0.15) is 43.9 Å². The van der Waals surface area contributed by atoms with E-state index in [0.717, 1.165) is 23.2 Å². The average Bonchev–Trinajstić information content (AvgIpc) is 2.98. The Morgan fingerprint density at radius 1 is 1.29 bits per heavy atom. The van der Waals surface area contributed by atoms with Crippen molar-refractivity contribution in [2.24, 2.45) is 0 Å². The van der Waals surface area contributed by atoms with Crippen molar-refractivity contribution in [2.45, 2.75) is 46.6 Å². The first-order valence-electron chi connectivity index (χ1n) is 9.36. The highest BCUT2D eigenvalue weighted by molar-refractivity contribution is 5.77. The van der Waals surface area contributed by atoms with Gasteiger partial charge in [0.15, 0.2) is 0 Å². The van der Waals surface area contributed by atoms with Gasteiger partial charge >= 0.3 is 6.09 Å². The highest BCUT2D eigenvalue weighted by Gasteiger charge is 2.24. The molecule has 8 nitrogen and oxygen atoms in total. The number of amides is 1. The summed E-state index contributed by atoms with van der Waals surface area (Å²) in [6.07, 6.45) is 2.65. The van der Waals surface area contributed by atoms with E-state index >= 15 is 0 Å². The van der Waals surface area contributed by atoms with Gasteiger partial charge in [-0.25, -0.2) is 9.89 Å². The quantitative estimate of drug-likeness (QED) is 0.743. The molecule has 2 aromatic rings. The molecule has 0 aliphatic carbocycles. The van der Waals surface area contributed by atoms with Crippen molar-refractivity contribution in [1.29, 1.82) is 0 Å². The second-order valence-electron chi connectivity index (χ2n) is 8.06. The highest BCUT2D eigenvalue weighted by Crippen LogP contribution is 2.31. The van der Waals surface area contributed by atoms with E-state index in [9.17, 15) is 4.79 Å². The number of nitrogen functional groups attached to an aromatic ring is 1. The normalized spacial score (nSPS) is 14.6. The summed E-state index contributed by atoms with van der Waals surface area (Å²) >= 11 is 0. The molecule has 1 aromatic carbocycles. The predicted octanol–water partition coefficient (Wildman–Crippen LogP) is 3.77. The molecule has 0 fully saturated rings. The molecule has 28 heavy (non-hydrogen) atoms. The zero-order valence-electron chi connectivity index (χ0n) is 17.1. The van der Waals surface area contributed by atoms with Crippen molar-refractivity contribution in [3.63, 3.8) is 0 Å². The van der Waals surface area contributed by atoms with Crippen molar-refractivity contribution in [2.75, 3.05) is 24.1 Å². The maximum absolute atomic E-state index is 12.3. The number of nitrogens with one attached hydrogen (secondary N) is 2. The van der Waals surface area contributed by atoms with Crippen LogP contribution in [0.5, 0.6) is 0 Å². The lowest BCUT2D eigenvalue weighted by Crippen LogP contribution is -2.39. The SMILES string of the molecule is Cc1cc(Nc2n[nH]c(N)n2)cc(C)c1C1=CCN(C(=O)OC(C)(C)C)CC1. The van der Waals surface area contributed by atoms with Crippen molar-refractivity contribution in [3.05, 3.63) is 34.9 Å². The maximum atomic E-state index is 12.3. The summed E-state index contributed by atoms with van der Waals surface area (Å²) in [6, 6.07) is 4.13. The van der Waals surface area contributed by atoms with E-state index in [1.54, 1.807) is 4.90 Å². The third-order valence-corrected chi connectivity index (χ3v) is 4.47. The average molecular weight is 384 g/mol. The first-order valence-corrected chi connectivity index (χ1v) is 9.36. The molecular formula is C20H28N6O2. The number of nitrogens with two attached hydrogens (primary N) is 1. The van der Waals surface area contributed by atoms with E-state index in [1.807, 2.05) is 20.8 Å². The van der Waals surface area contributed by atoms with Gasteiger partial charge in [0.05, 0.1) is 0 Å². The second kappa shape index (κ2) is 7.53. The molecule has 0 saturated carbocycles. The molecule has 0 saturated heterocycles. The van der Waals surface area contributed by atoms with Crippen LogP contribution in [0.15, 0.2) is 18.2 Å². The van der Waals surface area contributed by atoms with Gasteiger partial charge in [0.1, 0.15) is 5.60 Å². The Labute approximate surface area is 165 Å². The minimum Gasteiger partial charge on any atom is -0.444 e. The van der Waals surface area contributed by atoms with Gasteiger partial charge in [-0.1, -0.05) is 6.08 Å². The Morgan fingerprint density at radius 2 is 1.96 bits per heavy atom. The minimum absolute atomic E-state index is 0.262. The fourth-order valence-corrected chi connectivity index (χ4v) is 3.39. The number of carbonyl (C=O) groups excluding carboxylic acids is 1. The van der Waals surface area contributed by atoms with E-state index in [0.29, 0.717) is 19.0 Å². The van der Waals surface area contributed by atoms with E-state index < -0.39 is 5.60 Å². The maximum Gasteiger partial charge on any atom is 0.410 e.